The smallest absolute Gasteiger partial charge is 0.242 e. The molecule has 0 aliphatic heterocycles. The maximum atomic E-state index is 11.6. The zero-order chi connectivity index (χ0) is 12.8. The number of nitrogen functional groups attached to an aromatic ring is 1. The summed E-state index contributed by atoms with van der Waals surface area (Å²) in [6.45, 7) is 4.45. The molecule has 1 aromatic heterocycles. The van der Waals surface area contributed by atoms with Crippen molar-refractivity contribution in [3.63, 3.8) is 0 Å². The van der Waals surface area contributed by atoms with Crippen LogP contribution >= 0.6 is 15.9 Å². The number of amides is 1. The van der Waals surface area contributed by atoms with Gasteiger partial charge in [-0.25, -0.2) is 4.98 Å². The van der Waals surface area contributed by atoms with Crippen LogP contribution in [-0.2, 0) is 4.79 Å². The van der Waals surface area contributed by atoms with Crippen molar-refractivity contribution >= 4 is 33.3 Å². The highest BCUT2D eigenvalue weighted by molar-refractivity contribution is 9.10. The molecule has 0 saturated carbocycles. The van der Waals surface area contributed by atoms with E-state index in [2.05, 4.69) is 31.5 Å². The topological polar surface area (TPSA) is 80.0 Å². The van der Waals surface area contributed by atoms with E-state index in [1.165, 1.54) is 0 Å². The molecule has 0 radical (unpaired) electrons. The van der Waals surface area contributed by atoms with E-state index in [-0.39, 0.29) is 11.9 Å². The lowest BCUT2D eigenvalue weighted by Gasteiger charge is -2.15. The summed E-state index contributed by atoms with van der Waals surface area (Å²) in [5, 5.41) is 5.78. The molecule has 6 heteroatoms. The first-order valence-electron chi connectivity index (χ1n) is 5.49. The number of aromatic nitrogens is 1. The molecular weight excluding hydrogens is 284 g/mol. The van der Waals surface area contributed by atoms with E-state index in [1.807, 2.05) is 6.92 Å². The van der Waals surface area contributed by atoms with Gasteiger partial charge in [0.2, 0.25) is 5.91 Å². The van der Waals surface area contributed by atoms with Gasteiger partial charge in [0, 0.05) is 17.2 Å². The van der Waals surface area contributed by atoms with Crippen molar-refractivity contribution in [3.8, 4) is 0 Å². The Hall–Kier alpha value is -1.30. The van der Waals surface area contributed by atoms with Crippen LogP contribution in [0.5, 0.6) is 0 Å². The number of hydrogen-bond acceptors (Lipinski definition) is 4. The first kappa shape index (κ1) is 13.8. The van der Waals surface area contributed by atoms with Crippen molar-refractivity contribution in [1.82, 2.24) is 10.3 Å². The lowest BCUT2D eigenvalue weighted by atomic mass is 10.3. The zero-order valence-corrected chi connectivity index (χ0v) is 11.5. The molecule has 0 aromatic carbocycles. The summed E-state index contributed by atoms with van der Waals surface area (Å²) < 4.78 is 0.809. The van der Waals surface area contributed by atoms with Gasteiger partial charge in [-0.15, -0.1) is 0 Å². The lowest BCUT2D eigenvalue weighted by Crippen LogP contribution is -2.38. The second-order valence-corrected chi connectivity index (χ2v) is 4.66. The quantitative estimate of drug-likeness (QED) is 0.774. The molecule has 4 N–H and O–H groups in total. The first-order valence-corrected chi connectivity index (χ1v) is 6.29. The fourth-order valence-corrected chi connectivity index (χ4v) is 1.60. The highest BCUT2D eigenvalue weighted by Gasteiger charge is 2.13. The van der Waals surface area contributed by atoms with Crippen molar-refractivity contribution in [1.29, 1.82) is 0 Å². The Kier molecular flexibility index (Phi) is 5.21. The third-order valence-electron chi connectivity index (χ3n) is 2.18. The highest BCUT2D eigenvalue weighted by atomic mass is 79.9. The van der Waals surface area contributed by atoms with Crippen LogP contribution in [-0.4, -0.2) is 23.5 Å². The molecule has 1 rings (SSSR count). The molecule has 0 bridgehead atoms. The predicted octanol–water partition coefficient (Wildman–Crippen LogP) is 1.75. The number of pyridine rings is 1. The Balaban J connectivity index is 2.61. The fraction of sp³-hybridized carbons (Fsp3) is 0.455. The van der Waals surface area contributed by atoms with Crippen molar-refractivity contribution in [2.45, 2.75) is 26.3 Å². The molecule has 1 heterocycles. The third kappa shape index (κ3) is 4.22. The molecule has 0 aliphatic carbocycles. The summed E-state index contributed by atoms with van der Waals surface area (Å²) >= 11 is 3.28. The minimum atomic E-state index is -0.363. The van der Waals surface area contributed by atoms with Crippen LogP contribution < -0.4 is 16.4 Å². The minimum Gasteiger partial charge on any atom is -0.396 e. The molecular formula is C11H17BrN4O. The largest absolute Gasteiger partial charge is 0.396 e. The molecule has 0 spiro atoms. The summed E-state index contributed by atoms with van der Waals surface area (Å²) in [5.74, 6) is 0.461. The summed E-state index contributed by atoms with van der Waals surface area (Å²) in [4.78, 5) is 15.8. The van der Waals surface area contributed by atoms with Crippen molar-refractivity contribution < 1.29 is 4.79 Å². The number of halogens is 1. The van der Waals surface area contributed by atoms with Gasteiger partial charge in [0.15, 0.2) is 0 Å². The van der Waals surface area contributed by atoms with Gasteiger partial charge in [-0.3, -0.25) is 4.79 Å². The average molecular weight is 301 g/mol. The van der Waals surface area contributed by atoms with E-state index in [1.54, 1.807) is 19.2 Å². The standard InChI is InChI=1S/C11H17BrN4O/c1-3-4-14-11(17)7(2)16-10-9(13)5-8(12)6-15-10/h5-7H,3-4,13H2,1-2H3,(H,14,17)(H,15,16). The Morgan fingerprint density at radius 1 is 1.65 bits per heavy atom. The molecule has 1 atom stereocenters. The van der Waals surface area contributed by atoms with E-state index in [9.17, 15) is 4.79 Å². The highest BCUT2D eigenvalue weighted by Crippen LogP contribution is 2.20. The second kappa shape index (κ2) is 6.44. The molecule has 1 amide bonds. The predicted molar refractivity (Wildman–Crippen MR) is 72.7 cm³/mol. The van der Waals surface area contributed by atoms with Crippen LogP contribution in [0.15, 0.2) is 16.7 Å². The van der Waals surface area contributed by atoms with Crippen LogP contribution in [0.4, 0.5) is 11.5 Å². The second-order valence-electron chi connectivity index (χ2n) is 3.75. The summed E-state index contributed by atoms with van der Waals surface area (Å²) in [7, 11) is 0. The van der Waals surface area contributed by atoms with Gasteiger partial charge in [0.05, 0.1) is 5.69 Å². The summed E-state index contributed by atoms with van der Waals surface area (Å²) in [6, 6.07) is 1.38. The molecule has 0 aliphatic rings. The maximum absolute atomic E-state index is 11.6. The van der Waals surface area contributed by atoms with Gasteiger partial charge in [-0.05, 0) is 35.3 Å². The number of nitrogens with one attached hydrogen (secondary N) is 2. The molecule has 5 nitrogen and oxygen atoms in total. The molecule has 0 saturated heterocycles. The molecule has 1 unspecified atom stereocenters. The Morgan fingerprint density at radius 3 is 2.94 bits per heavy atom. The van der Waals surface area contributed by atoms with Gasteiger partial charge in [0.25, 0.3) is 0 Å². The van der Waals surface area contributed by atoms with Gasteiger partial charge < -0.3 is 16.4 Å². The summed E-state index contributed by atoms with van der Waals surface area (Å²) in [5.41, 5.74) is 6.29. The number of nitrogens with zero attached hydrogens (tertiary/aromatic N) is 1. The van der Waals surface area contributed by atoms with Crippen LogP contribution in [0.25, 0.3) is 0 Å². The van der Waals surface area contributed by atoms with E-state index >= 15 is 0 Å². The number of anilines is 2. The van der Waals surface area contributed by atoms with Crippen molar-refractivity contribution in [2.24, 2.45) is 0 Å². The Morgan fingerprint density at radius 2 is 2.35 bits per heavy atom. The SMILES string of the molecule is CCCNC(=O)C(C)Nc1ncc(Br)cc1N. The molecule has 94 valence electrons. The van der Waals surface area contributed by atoms with Gasteiger partial charge in [-0.1, -0.05) is 6.92 Å². The fourth-order valence-electron chi connectivity index (χ4n) is 1.25. The molecule has 17 heavy (non-hydrogen) atoms. The van der Waals surface area contributed by atoms with Crippen LogP contribution in [0.2, 0.25) is 0 Å². The van der Waals surface area contributed by atoms with E-state index < -0.39 is 0 Å². The van der Waals surface area contributed by atoms with Crippen molar-refractivity contribution in [3.05, 3.63) is 16.7 Å². The third-order valence-corrected chi connectivity index (χ3v) is 2.61. The number of carbonyl (C=O) groups is 1. The Bertz CT molecular complexity index is 397. The number of nitrogens with two attached hydrogens (primary N) is 1. The van der Waals surface area contributed by atoms with Crippen LogP contribution in [0.1, 0.15) is 20.3 Å². The zero-order valence-electron chi connectivity index (χ0n) is 9.96. The summed E-state index contributed by atoms with van der Waals surface area (Å²) in [6.07, 6.45) is 2.55. The monoisotopic (exact) mass is 300 g/mol. The lowest BCUT2D eigenvalue weighted by molar-refractivity contribution is -0.121. The van der Waals surface area contributed by atoms with E-state index in [0.29, 0.717) is 18.1 Å². The van der Waals surface area contributed by atoms with Crippen LogP contribution in [0.3, 0.4) is 0 Å². The van der Waals surface area contributed by atoms with Crippen molar-refractivity contribution in [2.75, 3.05) is 17.6 Å². The normalized spacial score (nSPS) is 11.9. The molecule has 1 aromatic rings. The maximum Gasteiger partial charge on any atom is 0.242 e. The average Bonchev–Trinajstić information content (AvgIpc) is 2.29. The van der Waals surface area contributed by atoms with Gasteiger partial charge in [0.1, 0.15) is 11.9 Å². The number of carbonyl (C=O) groups excluding carboxylic acids is 1. The minimum absolute atomic E-state index is 0.0593. The van der Waals surface area contributed by atoms with Crippen LogP contribution in [0, 0.1) is 0 Å². The van der Waals surface area contributed by atoms with Gasteiger partial charge >= 0.3 is 0 Å². The first-order chi connectivity index (χ1) is 8.04. The Labute approximate surface area is 109 Å². The van der Waals surface area contributed by atoms with Gasteiger partial charge in [-0.2, -0.15) is 0 Å². The number of hydrogen-bond donors (Lipinski definition) is 3. The molecule has 0 fully saturated rings. The van der Waals surface area contributed by atoms with E-state index in [4.69, 9.17) is 5.73 Å². The number of rotatable bonds is 5. The van der Waals surface area contributed by atoms with E-state index in [0.717, 1.165) is 10.9 Å².